The second kappa shape index (κ2) is 3.97. The third-order valence-corrected chi connectivity index (χ3v) is 3.47. The van der Waals surface area contributed by atoms with Crippen LogP contribution in [0.5, 0.6) is 0 Å². The minimum Gasteiger partial charge on any atom is -0.393 e. The van der Waals surface area contributed by atoms with Crippen LogP contribution in [0.25, 0.3) is 0 Å². The van der Waals surface area contributed by atoms with Gasteiger partial charge in [-0.3, -0.25) is 0 Å². The van der Waals surface area contributed by atoms with Gasteiger partial charge in [-0.05, 0) is 43.1 Å². The van der Waals surface area contributed by atoms with E-state index in [4.69, 9.17) is 5.73 Å². The van der Waals surface area contributed by atoms with Crippen LogP contribution in [0.4, 0.5) is 0 Å². The van der Waals surface area contributed by atoms with Gasteiger partial charge in [0.25, 0.3) is 0 Å². The maximum atomic E-state index is 9.67. The molecule has 0 heterocycles. The lowest BCUT2D eigenvalue weighted by Gasteiger charge is -2.39. The molecule has 0 aromatic heterocycles. The number of nitrogens with two attached hydrogens (primary N) is 1. The molecule has 1 aliphatic carbocycles. The van der Waals surface area contributed by atoms with Crippen LogP contribution in [0.2, 0.25) is 0 Å². The van der Waals surface area contributed by atoms with Gasteiger partial charge in [-0.2, -0.15) is 0 Å². The van der Waals surface area contributed by atoms with Crippen molar-refractivity contribution in [2.24, 2.45) is 23.0 Å². The van der Waals surface area contributed by atoms with Crippen LogP contribution in [0, 0.1) is 17.3 Å². The topological polar surface area (TPSA) is 46.2 Å². The summed E-state index contributed by atoms with van der Waals surface area (Å²) in [5.74, 6) is 1.06. The van der Waals surface area contributed by atoms with Crippen molar-refractivity contribution in [2.75, 3.05) is 6.54 Å². The largest absolute Gasteiger partial charge is 0.393 e. The molecule has 0 saturated heterocycles. The molecule has 0 aliphatic heterocycles. The van der Waals surface area contributed by atoms with E-state index < -0.39 is 0 Å². The molecule has 1 rings (SSSR count). The number of hydrogen-bond donors (Lipinski definition) is 2. The fourth-order valence-electron chi connectivity index (χ4n) is 2.29. The van der Waals surface area contributed by atoms with Crippen LogP contribution in [-0.2, 0) is 0 Å². The van der Waals surface area contributed by atoms with Crippen LogP contribution in [-0.4, -0.2) is 17.8 Å². The van der Waals surface area contributed by atoms with Gasteiger partial charge in [0, 0.05) is 0 Å². The van der Waals surface area contributed by atoms with Crippen molar-refractivity contribution in [3.05, 3.63) is 0 Å². The number of rotatable bonds is 1. The van der Waals surface area contributed by atoms with E-state index >= 15 is 0 Å². The van der Waals surface area contributed by atoms with Crippen molar-refractivity contribution in [2.45, 2.75) is 46.1 Å². The Balaban J connectivity index is 2.55. The van der Waals surface area contributed by atoms with E-state index in [1.165, 1.54) is 0 Å². The van der Waals surface area contributed by atoms with Gasteiger partial charge in [0.05, 0.1) is 6.10 Å². The first-order valence-electron chi connectivity index (χ1n) is 5.33. The van der Waals surface area contributed by atoms with Gasteiger partial charge in [-0.1, -0.05) is 20.8 Å². The van der Waals surface area contributed by atoms with Gasteiger partial charge < -0.3 is 10.8 Å². The molecule has 1 aliphatic rings. The second-order valence-corrected chi connectivity index (χ2v) is 5.44. The summed E-state index contributed by atoms with van der Waals surface area (Å²) in [6.07, 6.45) is 3.04. The lowest BCUT2D eigenvalue weighted by Crippen LogP contribution is -2.38. The Labute approximate surface area is 81.5 Å². The Hall–Kier alpha value is -0.0800. The van der Waals surface area contributed by atoms with Gasteiger partial charge in [0.2, 0.25) is 0 Å². The van der Waals surface area contributed by atoms with E-state index in [0.29, 0.717) is 17.9 Å². The maximum absolute atomic E-state index is 9.67. The lowest BCUT2D eigenvalue weighted by atomic mass is 9.68. The molecule has 3 N–H and O–H groups in total. The predicted octanol–water partition coefficient (Wildman–Crippen LogP) is 1.77. The zero-order chi connectivity index (χ0) is 10.1. The molecule has 1 fully saturated rings. The summed E-state index contributed by atoms with van der Waals surface area (Å²) in [5.41, 5.74) is 6.01. The van der Waals surface area contributed by atoms with Crippen LogP contribution in [0.15, 0.2) is 0 Å². The molecule has 0 bridgehead atoms. The van der Waals surface area contributed by atoms with E-state index in [1.807, 2.05) is 0 Å². The Morgan fingerprint density at radius 1 is 1.31 bits per heavy atom. The van der Waals surface area contributed by atoms with E-state index in [0.717, 1.165) is 25.2 Å². The van der Waals surface area contributed by atoms with Gasteiger partial charge in [-0.25, -0.2) is 0 Å². The normalized spacial score (nSPS) is 36.2. The minimum atomic E-state index is -0.149. The summed E-state index contributed by atoms with van der Waals surface area (Å²) < 4.78 is 0. The molecule has 2 heteroatoms. The van der Waals surface area contributed by atoms with Crippen LogP contribution >= 0.6 is 0 Å². The monoisotopic (exact) mass is 185 g/mol. The molecule has 2 nitrogen and oxygen atoms in total. The predicted molar refractivity (Wildman–Crippen MR) is 55.3 cm³/mol. The first kappa shape index (κ1) is 11.0. The summed E-state index contributed by atoms with van der Waals surface area (Å²) in [6.45, 7) is 7.47. The molecule has 0 radical (unpaired) electrons. The third kappa shape index (κ3) is 2.68. The highest BCUT2D eigenvalue weighted by Gasteiger charge is 2.34. The standard InChI is InChI=1S/C11H23NO/c1-11(2,3)9-4-5-10(13)8(6-9)7-12/h8-10,13H,4-7,12H2,1-3H3. The Bertz CT molecular complexity index is 162. The van der Waals surface area contributed by atoms with E-state index in [9.17, 15) is 5.11 Å². The van der Waals surface area contributed by atoms with Crippen LogP contribution in [0.3, 0.4) is 0 Å². The summed E-state index contributed by atoms with van der Waals surface area (Å²) in [6, 6.07) is 0. The highest BCUT2D eigenvalue weighted by molar-refractivity contribution is 4.85. The third-order valence-electron chi connectivity index (χ3n) is 3.47. The summed E-state index contributed by atoms with van der Waals surface area (Å²) in [4.78, 5) is 0. The fourth-order valence-corrected chi connectivity index (χ4v) is 2.29. The molecule has 3 atom stereocenters. The molecule has 0 aromatic rings. The Morgan fingerprint density at radius 3 is 2.38 bits per heavy atom. The summed E-state index contributed by atoms with van der Waals surface area (Å²) in [5, 5.41) is 9.67. The van der Waals surface area contributed by atoms with Crippen LogP contribution in [0.1, 0.15) is 40.0 Å². The van der Waals surface area contributed by atoms with Crippen molar-refractivity contribution < 1.29 is 5.11 Å². The Morgan fingerprint density at radius 2 is 1.92 bits per heavy atom. The first-order chi connectivity index (χ1) is 5.95. The molecule has 3 unspecified atom stereocenters. The molecule has 78 valence electrons. The average Bonchev–Trinajstić information content (AvgIpc) is 2.03. The van der Waals surface area contributed by atoms with Gasteiger partial charge in [-0.15, -0.1) is 0 Å². The van der Waals surface area contributed by atoms with Crippen LogP contribution < -0.4 is 5.73 Å². The molecule has 0 amide bonds. The summed E-state index contributed by atoms with van der Waals surface area (Å²) in [7, 11) is 0. The molecular weight excluding hydrogens is 162 g/mol. The maximum Gasteiger partial charge on any atom is 0.0580 e. The number of aliphatic hydroxyl groups is 1. The minimum absolute atomic E-state index is 0.149. The van der Waals surface area contributed by atoms with E-state index in [2.05, 4.69) is 20.8 Å². The zero-order valence-electron chi connectivity index (χ0n) is 9.09. The molecule has 0 aromatic carbocycles. The van der Waals surface area contributed by atoms with E-state index in [1.54, 1.807) is 0 Å². The quantitative estimate of drug-likeness (QED) is 0.654. The van der Waals surface area contributed by atoms with Crippen molar-refractivity contribution in [3.63, 3.8) is 0 Å². The number of hydrogen-bond acceptors (Lipinski definition) is 2. The van der Waals surface area contributed by atoms with Crippen molar-refractivity contribution in [3.8, 4) is 0 Å². The van der Waals surface area contributed by atoms with E-state index in [-0.39, 0.29) is 6.10 Å². The highest BCUT2D eigenvalue weighted by Crippen LogP contribution is 2.39. The Kier molecular flexibility index (Phi) is 3.36. The number of aliphatic hydroxyl groups excluding tert-OH is 1. The second-order valence-electron chi connectivity index (χ2n) is 5.44. The molecule has 13 heavy (non-hydrogen) atoms. The van der Waals surface area contributed by atoms with Crippen molar-refractivity contribution in [1.29, 1.82) is 0 Å². The van der Waals surface area contributed by atoms with Crippen molar-refractivity contribution >= 4 is 0 Å². The van der Waals surface area contributed by atoms with Gasteiger partial charge >= 0.3 is 0 Å². The smallest absolute Gasteiger partial charge is 0.0580 e. The van der Waals surface area contributed by atoms with Crippen molar-refractivity contribution in [1.82, 2.24) is 0 Å². The highest BCUT2D eigenvalue weighted by atomic mass is 16.3. The summed E-state index contributed by atoms with van der Waals surface area (Å²) >= 11 is 0. The zero-order valence-corrected chi connectivity index (χ0v) is 9.09. The first-order valence-corrected chi connectivity index (χ1v) is 5.33. The molecular formula is C11H23NO. The molecule has 1 saturated carbocycles. The van der Waals surface area contributed by atoms with Gasteiger partial charge in [0.15, 0.2) is 0 Å². The lowest BCUT2D eigenvalue weighted by molar-refractivity contribution is 0.0233. The average molecular weight is 185 g/mol. The molecule has 0 spiro atoms. The van der Waals surface area contributed by atoms with Gasteiger partial charge in [0.1, 0.15) is 0 Å². The fraction of sp³-hybridized carbons (Fsp3) is 1.00. The SMILES string of the molecule is CC(C)(C)C1CCC(O)C(CN)C1.